The molecule has 0 aromatic heterocycles. The van der Waals surface area contributed by atoms with Crippen LogP contribution in [0.15, 0.2) is 60.7 Å². The molecule has 3 aromatic carbocycles. The van der Waals surface area contributed by atoms with Gasteiger partial charge in [0.15, 0.2) is 11.5 Å². The first-order valence-electron chi connectivity index (χ1n) is 22.4. The summed E-state index contributed by atoms with van der Waals surface area (Å²) in [6.45, 7) is 20.3. The average Bonchev–Trinajstić information content (AvgIpc) is 3.53. The number of nitrogens with zero attached hydrogens (tertiary/aromatic N) is 3. The predicted octanol–water partition coefficient (Wildman–Crippen LogP) is 3.43. The van der Waals surface area contributed by atoms with Gasteiger partial charge in [-0.05, 0) is 105 Å². The monoisotopic (exact) mass is 891 g/mol. The third-order valence-electron chi connectivity index (χ3n) is 12.9. The van der Waals surface area contributed by atoms with Crippen molar-refractivity contribution in [1.29, 1.82) is 0 Å². The van der Waals surface area contributed by atoms with Crippen molar-refractivity contribution in [2.24, 2.45) is 5.92 Å². The molecule has 4 aliphatic heterocycles. The number of aliphatic hydroxyl groups is 1. The van der Waals surface area contributed by atoms with Gasteiger partial charge in [0.25, 0.3) is 11.8 Å². The molecule has 344 valence electrons. The molecule has 3 N–H and O–H groups in total. The fourth-order valence-corrected chi connectivity index (χ4v) is 10.2. The Bertz CT molecular complexity index is 2140. The first kappa shape index (κ1) is 51.1. The van der Waals surface area contributed by atoms with Crippen LogP contribution < -0.4 is 39.0 Å². The number of carbonyl (C=O) groups is 3. The van der Waals surface area contributed by atoms with Crippen LogP contribution in [0.3, 0.4) is 0 Å². The number of sulfone groups is 1. The van der Waals surface area contributed by atoms with E-state index >= 15 is 0 Å². The van der Waals surface area contributed by atoms with Gasteiger partial charge in [0.1, 0.15) is 16.1 Å². The zero-order valence-corrected chi connectivity index (χ0v) is 39.0. The van der Waals surface area contributed by atoms with Crippen LogP contribution in [-0.2, 0) is 14.6 Å². The van der Waals surface area contributed by atoms with Gasteiger partial charge in [-0.3, -0.25) is 19.3 Å². The quantitative estimate of drug-likeness (QED) is 0.110. The molecule has 3 atom stereocenters. The summed E-state index contributed by atoms with van der Waals surface area (Å²) in [7, 11) is -2.06. The van der Waals surface area contributed by atoms with Crippen LogP contribution in [0.25, 0.3) is 0 Å². The second-order valence-corrected chi connectivity index (χ2v) is 19.4. The van der Waals surface area contributed by atoms with Crippen molar-refractivity contribution in [2.75, 3.05) is 70.3 Å². The number of carbonyl (C=O) groups excluding carboxylic acids is 3. The summed E-state index contributed by atoms with van der Waals surface area (Å²) < 4.78 is 36.2. The van der Waals surface area contributed by atoms with Crippen LogP contribution in [0, 0.1) is 26.7 Å². The molecule has 3 amide bonds. The van der Waals surface area contributed by atoms with E-state index in [2.05, 4.69) is 53.3 Å². The first-order chi connectivity index (χ1) is 30.3. The molecule has 2 unspecified atom stereocenters. The molecule has 3 fully saturated rings. The number of rotatable bonds is 16. The van der Waals surface area contributed by atoms with Crippen molar-refractivity contribution in [3.63, 3.8) is 0 Å². The minimum Gasteiger partial charge on any atom is -0.493 e. The Morgan fingerprint density at radius 2 is 1.50 bits per heavy atom. The van der Waals surface area contributed by atoms with Crippen molar-refractivity contribution in [3.8, 4) is 11.5 Å². The number of methoxy groups -OCH3 is 1. The van der Waals surface area contributed by atoms with Gasteiger partial charge in [0.05, 0.1) is 42.6 Å². The fraction of sp³-hybridized carbons (Fsp3) is 0.510. The molecule has 0 saturated carbocycles. The molecule has 15 heteroatoms. The second kappa shape index (κ2) is 23.5. The summed E-state index contributed by atoms with van der Waals surface area (Å²) in [4.78, 5) is 45.7. The van der Waals surface area contributed by atoms with E-state index in [9.17, 15) is 27.9 Å². The number of fused-ring (bicyclic) bond motifs is 1. The van der Waals surface area contributed by atoms with Crippen LogP contribution in [0.1, 0.15) is 114 Å². The van der Waals surface area contributed by atoms with Crippen LogP contribution in [0.5, 0.6) is 11.5 Å². The van der Waals surface area contributed by atoms with Gasteiger partial charge in [-0.25, -0.2) is 8.42 Å². The van der Waals surface area contributed by atoms with Crippen LogP contribution in [-0.4, -0.2) is 123 Å². The van der Waals surface area contributed by atoms with E-state index in [4.69, 9.17) is 9.47 Å². The number of aliphatic hydroxyl groups excluding tert-OH is 1. The molecule has 4 aliphatic rings. The molecule has 0 spiro atoms. The fourth-order valence-electron chi connectivity index (χ4n) is 9.31. The second-order valence-electron chi connectivity index (χ2n) is 17.3. The van der Waals surface area contributed by atoms with Crippen LogP contribution in [0.4, 0.5) is 5.69 Å². The maximum atomic E-state index is 14.0. The van der Waals surface area contributed by atoms with Crippen LogP contribution in [0.2, 0.25) is 0 Å². The summed E-state index contributed by atoms with van der Waals surface area (Å²) in [6.07, 6.45) is 7.71. The van der Waals surface area contributed by atoms with E-state index in [0.717, 1.165) is 87.6 Å². The Kier molecular flexibility index (Phi) is 18.8. The summed E-state index contributed by atoms with van der Waals surface area (Å²) in [6, 6.07) is 17.5. The number of benzene rings is 3. The van der Waals surface area contributed by atoms with Crippen molar-refractivity contribution in [1.82, 2.24) is 20.0 Å². The SMILES string of the molecule is [CH2-]CC(C[CH2-])c1ccc(C2CCC(O)NC2=O)cc1.[CH2-]CN1CCC(CN2CCC(Nc3cccc4c3C(=O)N([C@H](CS(C)(=O)=O)c3ccc(OC)c(OCC)c3)C4=O)CC2)CC1.[Li+]. The maximum Gasteiger partial charge on any atom is 1.00 e. The number of likely N-dealkylation sites (tertiary alicyclic amines) is 2. The van der Waals surface area contributed by atoms with Gasteiger partial charge in [0.2, 0.25) is 5.91 Å². The Morgan fingerprint density at radius 1 is 0.844 bits per heavy atom. The molecule has 7 rings (SSSR count). The Hall–Kier alpha value is -3.90. The predicted molar refractivity (Wildman–Crippen MR) is 246 cm³/mol. The van der Waals surface area contributed by atoms with Crippen molar-refractivity contribution < 1.29 is 56.2 Å². The molecule has 0 aliphatic carbocycles. The number of piperidine rings is 3. The minimum absolute atomic E-state index is 0. The number of anilines is 1. The molecular weight excluding hydrogens is 826 g/mol. The number of ether oxygens (including phenoxy) is 2. The van der Waals surface area contributed by atoms with Gasteiger partial charge in [-0.1, -0.05) is 42.3 Å². The normalized spacial score (nSPS) is 20.5. The zero-order valence-electron chi connectivity index (χ0n) is 38.2. The van der Waals surface area contributed by atoms with E-state index in [0.29, 0.717) is 53.7 Å². The topological polar surface area (TPSA) is 158 Å². The number of nitrogens with one attached hydrogen (secondary N) is 2. The van der Waals surface area contributed by atoms with Gasteiger partial charge < -0.3 is 55.8 Å². The third-order valence-corrected chi connectivity index (χ3v) is 13.9. The third kappa shape index (κ3) is 12.7. The van der Waals surface area contributed by atoms with Gasteiger partial charge in [0, 0.05) is 37.6 Å². The molecule has 4 heterocycles. The van der Waals surface area contributed by atoms with E-state index in [1.807, 2.05) is 25.1 Å². The Morgan fingerprint density at radius 3 is 2.09 bits per heavy atom. The number of hydrogen-bond donors (Lipinski definition) is 3. The van der Waals surface area contributed by atoms with E-state index in [-0.39, 0.29) is 42.3 Å². The number of hydrogen-bond acceptors (Lipinski definition) is 11. The maximum absolute atomic E-state index is 14.0. The Balaban J connectivity index is 0.000000322. The van der Waals surface area contributed by atoms with Crippen molar-refractivity contribution >= 4 is 33.2 Å². The van der Waals surface area contributed by atoms with Crippen molar-refractivity contribution in [2.45, 2.75) is 88.4 Å². The summed E-state index contributed by atoms with van der Waals surface area (Å²) in [5.41, 5.74) is 3.92. The molecule has 13 nitrogen and oxygen atoms in total. The van der Waals surface area contributed by atoms with Gasteiger partial charge in [-0.15, -0.1) is 6.54 Å². The Labute approximate surface area is 393 Å². The largest absolute Gasteiger partial charge is 1.00 e. The van der Waals surface area contributed by atoms with Crippen LogP contribution >= 0.6 is 0 Å². The van der Waals surface area contributed by atoms with Gasteiger partial charge >= 0.3 is 18.9 Å². The molecule has 64 heavy (non-hydrogen) atoms. The molecule has 0 radical (unpaired) electrons. The van der Waals surface area contributed by atoms with E-state index < -0.39 is 39.7 Å². The standard InChI is InChI=1S/C33H45N4O6S.C16H21NO2.Li/c1-5-35-16-12-23(13-17-35)21-36-18-14-25(15-19-36)34-27-9-7-8-26-31(27)33(39)37(32(26)38)28(22-44(4,40)41)24-10-11-29(42-3)30(20-24)43-6-2;1-3-11(4-2)12-5-7-13(8-6-12)14-9-10-15(18)17-16(14)19;/h7-11,20,23,25,28,34H,1,5-6,12-19,21-22H2,2-4H3;5-8,11,14-15,18H,1-4,9-10H2,(H,17,19);/q-1;-2;+1/t28-;;/m1../s1. The van der Waals surface area contributed by atoms with E-state index in [1.165, 1.54) is 25.5 Å². The average molecular weight is 892 g/mol. The van der Waals surface area contributed by atoms with E-state index in [1.54, 1.807) is 30.3 Å². The molecule has 0 bridgehead atoms. The summed E-state index contributed by atoms with van der Waals surface area (Å²) in [5.74, 6) is 0.366. The van der Waals surface area contributed by atoms with Crippen molar-refractivity contribution in [3.05, 3.63) is 109 Å². The minimum atomic E-state index is -3.58. The summed E-state index contributed by atoms with van der Waals surface area (Å²) >= 11 is 0. The van der Waals surface area contributed by atoms with Gasteiger partial charge in [-0.2, -0.15) is 12.8 Å². The molecule has 3 aromatic rings. The molecular formula is C49H66LiN5O8S-2. The number of amides is 3. The number of imide groups is 1. The smallest absolute Gasteiger partial charge is 0.493 e. The first-order valence-corrected chi connectivity index (χ1v) is 24.5. The summed E-state index contributed by atoms with van der Waals surface area (Å²) in [5, 5.41) is 15.5. The zero-order chi connectivity index (χ0) is 45.3. The molecule has 3 saturated heterocycles.